The molecular formula is C19H18FN7O2. The number of fused-ring (bicyclic) bond motifs is 1. The molecule has 0 spiro atoms. The van der Waals surface area contributed by atoms with E-state index < -0.39 is 5.56 Å². The lowest BCUT2D eigenvalue weighted by Gasteiger charge is -2.08. The van der Waals surface area contributed by atoms with Gasteiger partial charge in [0.15, 0.2) is 5.65 Å². The maximum absolute atomic E-state index is 13.3. The van der Waals surface area contributed by atoms with Gasteiger partial charge in [0.2, 0.25) is 11.9 Å². The zero-order valence-corrected chi connectivity index (χ0v) is 15.8. The van der Waals surface area contributed by atoms with E-state index in [9.17, 15) is 14.0 Å². The smallest absolute Gasteiger partial charge is 0.263 e. The average molecular weight is 395 g/mol. The van der Waals surface area contributed by atoms with Crippen molar-refractivity contribution in [2.45, 2.75) is 26.7 Å². The third kappa shape index (κ3) is 3.51. The van der Waals surface area contributed by atoms with E-state index in [1.165, 1.54) is 27.7 Å². The zero-order valence-electron chi connectivity index (χ0n) is 15.8. The third-order valence-corrected chi connectivity index (χ3v) is 4.27. The molecule has 0 unspecified atom stereocenters. The summed E-state index contributed by atoms with van der Waals surface area (Å²) in [4.78, 5) is 31.8. The Morgan fingerprint density at radius 1 is 1.24 bits per heavy atom. The topological polar surface area (TPSA) is 110 Å². The number of aromatic nitrogens is 6. The molecule has 0 saturated heterocycles. The van der Waals surface area contributed by atoms with Crippen molar-refractivity contribution in [3.05, 3.63) is 58.4 Å². The second kappa shape index (κ2) is 7.30. The highest BCUT2D eigenvalue weighted by Gasteiger charge is 2.16. The van der Waals surface area contributed by atoms with E-state index in [1.807, 2.05) is 6.92 Å². The minimum absolute atomic E-state index is 0.131. The van der Waals surface area contributed by atoms with Gasteiger partial charge in [-0.25, -0.2) is 9.07 Å². The second-order valence-electron chi connectivity index (χ2n) is 6.54. The van der Waals surface area contributed by atoms with Crippen LogP contribution in [0.15, 0.2) is 41.3 Å². The van der Waals surface area contributed by atoms with Crippen molar-refractivity contribution < 1.29 is 9.18 Å². The first-order valence-corrected chi connectivity index (χ1v) is 9.07. The fourth-order valence-electron chi connectivity index (χ4n) is 2.96. The Bertz CT molecular complexity index is 1250. The lowest BCUT2D eigenvalue weighted by atomic mass is 10.3. The molecule has 0 atom stereocenters. The van der Waals surface area contributed by atoms with Crippen LogP contribution in [0.2, 0.25) is 0 Å². The summed E-state index contributed by atoms with van der Waals surface area (Å²) in [5.74, 6) is -0.00725. The minimum Gasteiger partial charge on any atom is -0.310 e. The number of benzene rings is 1. The first kappa shape index (κ1) is 18.5. The van der Waals surface area contributed by atoms with Gasteiger partial charge in [0, 0.05) is 12.5 Å². The summed E-state index contributed by atoms with van der Waals surface area (Å²) in [7, 11) is 0. The van der Waals surface area contributed by atoms with Crippen LogP contribution in [0.3, 0.4) is 0 Å². The monoisotopic (exact) mass is 395 g/mol. The van der Waals surface area contributed by atoms with E-state index in [-0.39, 0.29) is 28.7 Å². The van der Waals surface area contributed by atoms with Crippen LogP contribution in [0.25, 0.3) is 22.7 Å². The highest BCUT2D eigenvalue weighted by atomic mass is 19.1. The fourth-order valence-corrected chi connectivity index (χ4v) is 2.96. The number of aryl methyl sites for hydroxylation is 1. The molecule has 2 N–H and O–H groups in total. The van der Waals surface area contributed by atoms with Gasteiger partial charge < -0.3 is 5.32 Å². The Balaban J connectivity index is 1.84. The Morgan fingerprint density at radius 2 is 2.00 bits per heavy atom. The summed E-state index contributed by atoms with van der Waals surface area (Å²) in [6.45, 7) is 3.68. The van der Waals surface area contributed by atoms with Gasteiger partial charge in [0.05, 0.1) is 17.6 Å². The number of amides is 1. The highest BCUT2D eigenvalue weighted by Crippen LogP contribution is 2.18. The summed E-state index contributed by atoms with van der Waals surface area (Å²) in [5.41, 5.74) is 1.08. The molecule has 148 valence electrons. The predicted molar refractivity (Wildman–Crippen MR) is 105 cm³/mol. The van der Waals surface area contributed by atoms with Gasteiger partial charge in [-0.05, 0) is 37.6 Å². The number of halogens is 1. The molecule has 10 heteroatoms. The molecule has 0 aliphatic heterocycles. The molecule has 4 aromatic rings. The summed E-state index contributed by atoms with van der Waals surface area (Å²) in [6, 6.07) is 7.37. The molecule has 1 amide bonds. The van der Waals surface area contributed by atoms with Crippen molar-refractivity contribution >= 4 is 22.8 Å². The van der Waals surface area contributed by atoms with E-state index in [0.29, 0.717) is 30.0 Å². The lowest BCUT2D eigenvalue weighted by Crippen LogP contribution is -2.18. The minimum atomic E-state index is -0.405. The number of carbonyl (C=O) groups is 1. The number of anilines is 1. The molecular weight excluding hydrogens is 377 g/mol. The normalized spacial score (nSPS) is 11.1. The van der Waals surface area contributed by atoms with Crippen LogP contribution in [-0.4, -0.2) is 35.4 Å². The maximum Gasteiger partial charge on any atom is 0.263 e. The molecule has 0 bridgehead atoms. The van der Waals surface area contributed by atoms with Crippen LogP contribution in [0.1, 0.15) is 25.5 Å². The van der Waals surface area contributed by atoms with Crippen molar-refractivity contribution in [1.82, 2.24) is 29.5 Å². The number of nitrogens with zero attached hydrogens (tertiary/aromatic N) is 5. The molecule has 3 aromatic heterocycles. The van der Waals surface area contributed by atoms with E-state index in [0.717, 1.165) is 0 Å². The standard InChI is InChI=1S/C19H18FN7O2/c1-3-4-16(28)22-15-9-11(2)25-27(15)19-23-17-14(18(29)24-19)10-21-26(17)13-7-5-12(20)6-8-13/h5-10H,3-4H2,1-2H3,(H,22,28)(H,23,24,29). The summed E-state index contributed by atoms with van der Waals surface area (Å²) in [5, 5.41) is 11.6. The maximum atomic E-state index is 13.3. The van der Waals surface area contributed by atoms with Crippen molar-refractivity contribution in [2.75, 3.05) is 5.32 Å². The number of H-pyrrole nitrogens is 1. The van der Waals surface area contributed by atoms with Crippen LogP contribution in [0.4, 0.5) is 10.2 Å². The molecule has 0 saturated carbocycles. The van der Waals surface area contributed by atoms with Crippen LogP contribution < -0.4 is 10.9 Å². The number of rotatable bonds is 5. The number of hydrogen-bond donors (Lipinski definition) is 2. The van der Waals surface area contributed by atoms with Crippen LogP contribution in [0.5, 0.6) is 0 Å². The Kier molecular flexibility index (Phi) is 4.67. The molecule has 3 heterocycles. The second-order valence-corrected chi connectivity index (χ2v) is 6.54. The molecule has 29 heavy (non-hydrogen) atoms. The van der Waals surface area contributed by atoms with Gasteiger partial charge in [-0.3, -0.25) is 14.6 Å². The highest BCUT2D eigenvalue weighted by molar-refractivity contribution is 5.90. The quantitative estimate of drug-likeness (QED) is 0.539. The number of hydrogen-bond acceptors (Lipinski definition) is 5. The number of carbonyl (C=O) groups excluding carboxylic acids is 1. The Hall–Kier alpha value is -3.82. The van der Waals surface area contributed by atoms with Gasteiger partial charge in [0.25, 0.3) is 5.56 Å². The largest absolute Gasteiger partial charge is 0.310 e. The molecule has 4 rings (SSSR count). The summed E-state index contributed by atoms with van der Waals surface area (Å²) < 4.78 is 16.1. The van der Waals surface area contributed by atoms with Gasteiger partial charge in [0.1, 0.15) is 17.0 Å². The average Bonchev–Trinajstić information content (AvgIpc) is 3.26. The van der Waals surface area contributed by atoms with E-state index in [1.54, 1.807) is 25.1 Å². The number of nitrogens with one attached hydrogen (secondary N) is 2. The van der Waals surface area contributed by atoms with Crippen LogP contribution >= 0.6 is 0 Å². The molecule has 0 fully saturated rings. The number of aromatic amines is 1. The SMILES string of the molecule is CCCC(=O)Nc1cc(C)nn1-c1nc2c(cnn2-c2ccc(F)cc2)c(=O)[nH]1. The fraction of sp³-hybridized carbons (Fsp3) is 0.211. The van der Waals surface area contributed by atoms with Crippen LogP contribution in [-0.2, 0) is 4.79 Å². The molecule has 9 nitrogen and oxygen atoms in total. The molecule has 0 radical (unpaired) electrons. The van der Waals surface area contributed by atoms with Crippen molar-refractivity contribution in [2.24, 2.45) is 0 Å². The van der Waals surface area contributed by atoms with E-state index in [2.05, 4.69) is 25.5 Å². The van der Waals surface area contributed by atoms with Crippen molar-refractivity contribution in [3.8, 4) is 11.6 Å². The van der Waals surface area contributed by atoms with Gasteiger partial charge in [-0.2, -0.15) is 19.9 Å². The van der Waals surface area contributed by atoms with Crippen molar-refractivity contribution in [1.29, 1.82) is 0 Å². The predicted octanol–water partition coefficient (Wildman–Crippen LogP) is 2.48. The summed E-state index contributed by atoms with van der Waals surface area (Å²) >= 11 is 0. The molecule has 0 aliphatic carbocycles. The van der Waals surface area contributed by atoms with E-state index >= 15 is 0 Å². The molecule has 0 aliphatic rings. The van der Waals surface area contributed by atoms with Gasteiger partial charge in [-0.1, -0.05) is 6.92 Å². The first-order valence-electron chi connectivity index (χ1n) is 9.07. The Labute approximate surface area is 164 Å². The van der Waals surface area contributed by atoms with E-state index in [4.69, 9.17) is 0 Å². The van der Waals surface area contributed by atoms with Crippen molar-refractivity contribution in [3.63, 3.8) is 0 Å². The van der Waals surface area contributed by atoms with Gasteiger partial charge in [-0.15, -0.1) is 0 Å². The van der Waals surface area contributed by atoms with Crippen LogP contribution in [0, 0.1) is 12.7 Å². The lowest BCUT2D eigenvalue weighted by molar-refractivity contribution is -0.116. The third-order valence-electron chi connectivity index (χ3n) is 4.27. The summed E-state index contributed by atoms with van der Waals surface area (Å²) in [6.07, 6.45) is 2.47. The molecule has 1 aromatic carbocycles. The van der Waals surface area contributed by atoms with Gasteiger partial charge >= 0.3 is 0 Å². The zero-order chi connectivity index (χ0) is 20.5. The Morgan fingerprint density at radius 3 is 2.72 bits per heavy atom. The first-order chi connectivity index (χ1) is 14.0.